The number of H-pyrrole nitrogens is 1. The van der Waals surface area contributed by atoms with Crippen LogP contribution >= 0.6 is 34.8 Å². The molecule has 2 aromatic carbocycles. The first-order chi connectivity index (χ1) is 10.1. The highest BCUT2D eigenvalue weighted by atomic mass is 35.5. The second kappa shape index (κ2) is 5.68. The van der Waals surface area contributed by atoms with Crippen LogP contribution in [0.1, 0.15) is 16.6 Å². The zero-order valence-electron chi connectivity index (χ0n) is 10.6. The van der Waals surface area contributed by atoms with Crippen molar-refractivity contribution < 1.29 is 0 Å². The van der Waals surface area contributed by atoms with Gasteiger partial charge in [0.15, 0.2) is 0 Å². The first-order valence-electron chi connectivity index (χ1n) is 6.14. The third-order valence-corrected chi connectivity index (χ3v) is 4.11. The number of fused-ring (bicyclic) bond motifs is 1. The number of halogens is 3. The Morgan fingerprint density at radius 2 is 1.86 bits per heavy atom. The predicted molar refractivity (Wildman–Crippen MR) is 86.5 cm³/mol. The van der Waals surface area contributed by atoms with Gasteiger partial charge in [0.1, 0.15) is 11.1 Å². The molecule has 3 aromatic rings. The van der Waals surface area contributed by atoms with Crippen LogP contribution in [0.15, 0.2) is 47.3 Å². The number of benzene rings is 2. The maximum atomic E-state index is 12.2. The van der Waals surface area contributed by atoms with Gasteiger partial charge in [-0.1, -0.05) is 41.4 Å². The third kappa shape index (κ3) is 2.77. The van der Waals surface area contributed by atoms with Crippen molar-refractivity contribution in [3.8, 4) is 0 Å². The Balaban J connectivity index is 2.15. The Labute approximate surface area is 135 Å². The van der Waals surface area contributed by atoms with Gasteiger partial charge >= 0.3 is 0 Å². The standard InChI is InChI=1S/C15H9Cl3N2O/c16-8-5-6-9(10(17)7-8)13(18)14-15(21)20-12-4-2-1-3-11(12)19-14/h1-7,13H,(H,20,21). The van der Waals surface area contributed by atoms with Crippen LogP contribution in [0.25, 0.3) is 11.0 Å². The van der Waals surface area contributed by atoms with E-state index in [0.717, 1.165) is 0 Å². The fourth-order valence-electron chi connectivity index (χ4n) is 2.07. The van der Waals surface area contributed by atoms with E-state index in [1.807, 2.05) is 18.2 Å². The molecule has 3 nitrogen and oxygen atoms in total. The van der Waals surface area contributed by atoms with Gasteiger partial charge in [0.05, 0.1) is 11.0 Å². The molecule has 3 rings (SSSR count). The minimum Gasteiger partial charge on any atom is -0.319 e. The fourth-order valence-corrected chi connectivity index (χ4v) is 2.98. The van der Waals surface area contributed by atoms with Gasteiger partial charge in [-0.05, 0) is 29.8 Å². The molecule has 1 atom stereocenters. The monoisotopic (exact) mass is 338 g/mol. The Kier molecular flexibility index (Phi) is 3.89. The molecule has 0 fully saturated rings. The van der Waals surface area contributed by atoms with E-state index in [0.29, 0.717) is 26.6 Å². The van der Waals surface area contributed by atoms with Gasteiger partial charge in [0.2, 0.25) is 0 Å². The summed E-state index contributed by atoms with van der Waals surface area (Å²) in [5.74, 6) is 0. The molecular formula is C15H9Cl3N2O. The smallest absolute Gasteiger partial charge is 0.272 e. The highest BCUT2D eigenvalue weighted by Crippen LogP contribution is 2.33. The first kappa shape index (κ1) is 14.4. The van der Waals surface area contributed by atoms with Gasteiger partial charge in [-0.3, -0.25) is 4.79 Å². The zero-order valence-corrected chi connectivity index (χ0v) is 12.9. The normalized spacial score (nSPS) is 12.5. The summed E-state index contributed by atoms with van der Waals surface area (Å²) in [6.45, 7) is 0. The van der Waals surface area contributed by atoms with Crippen LogP contribution < -0.4 is 5.56 Å². The van der Waals surface area contributed by atoms with Crippen LogP contribution in [-0.2, 0) is 0 Å². The molecule has 0 radical (unpaired) electrons. The maximum Gasteiger partial charge on any atom is 0.272 e. The molecule has 0 saturated carbocycles. The molecule has 1 heterocycles. The van der Waals surface area contributed by atoms with E-state index in [1.54, 1.807) is 24.3 Å². The van der Waals surface area contributed by atoms with Crippen LogP contribution in [0.2, 0.25) is 10.0 Å². The van der Waals surface area contributed by atoms with Crippen molar-refractivity contribution >= 4 is 45.8 Å². The fraction of sp³-hybridized carbons (Fsp3) is 0.0667. The van der Waals surface area contributed by atoms with Crippen molar-refractivity contribution in [1.29, 1.82) is 0 Å². The number of rotatable bonds is 2. The molecule has 6 heteroatoms. The van der Waals surface area contributed by atoms with E-state index in [4.69, 9.17) is 34.8 Å². The lowest BCUT2D eigenvalue weighted by Crippen LogP contribution is -2.17. The Bertz CT molecular complexity index is 876. The number of aromatic nitrogens is 2. The Morgan fingerprint density at radius 1 is 1.10 bits per heavy atom. The number of para-hydroxylation sites is 2. The summed E-state index contributed by atoms with van der Waals surface area (Å²) < 4.78 is 0. The van der Waals surface area contributed by atoms with E-state index in [2.05, 4.69) is 9.97 Å². The summed E-state index contributed by atoms with van der Waals surface area (Å²) in [4.78, 5) is 19.3. The van der Waals surface area contributed by atoms with Gasteiger partial charge in [0, 0.05) is 10.0 Å². The van der Waals surface area contributed by atoms with Gasteiger partial charge < -0.3 is 4.98 Å². The number of aromatic amines is 1. The molecule has 0 amide bonds. The average Bonchev–Trinajstić information content (AvgIpc) is 2.46. The summed E-state index contributed by atoms with van der Waals surface area (Å²) in [5, 5.41) is 0.160. The molecule has 0 bridgehead atoms. The Hall–Kier alpha value is -1.55. The lowest BCUT2D eigenvalue weighted by molar-refractivity contribution is 0.999. The number of alkyl halides is 1. The number of nitrogens with zero attached hydrogens (tertiary/aromatic N) is 1. The minimum atomic E-state index is -0.747. The lowest BCUT2D eigenvalue weighted by atomic mass is 10.1. The summed E-state index contributed by atoms with van der Waals surface area (Å²) >= 11 is 18.4. The molecule has 0 aliphatic carbocycles. The van der Waals surface area contributed by atoms with E-state index >= 15 is 0 Å². The number of hydrogen-bond acceptors (Lipinski definition) is 2. The molecule has 21 heavy (non-hydrogen) atoms. The van der Waals surface area contributed by atoms with Crippen molar-refractivity contribution in [2.24, 2.45) is 0 Å². The van der Waals surface area contributed by atoms with Crippen molar-refractivity contribution in [1.82, 2.24) is 9.97 Å². The van der Waals surface area contributed by atoms with Crippen LogP contribution in [0.5, 0.6) is 0 Å². The summed E-state index contributed by atoms with van der Waals surface area (Å²) in [6, 6.07) is 12.2. The highest BCUT2D eigenvalue weighted by molar-refractivity contribution is 6.36. The van der Waals surface area contributed by atoms with Crippen molar-refractivity contribution in [2.75, 3.05) is 0 Å². The molecule has 1 aromatic heterocycles. The van der Waals surface area contributed by atoms with Crippen molar-refractivity contribution in [3.05, 3.63) is 74.1 Å². The van der Waals surface area contributed by atoms with Gasteiger partial charge in [0.25, 0.3) is 5.56 Å². The molecule has 0 saturated heterocycles. The van der Waals surface area contributed by atoms with Crippen LogP contribution in [0, 0.1) is 0 Å². The summed E-state index contributed by atoms with van der Waals surface area (Å²) in [6.07, 6.45) is 0. The van der Waals surface area contributed by atoms with E-state index < -0.39 is 5.38 Å². The number of hydrogen-bond donors (Lipinski definition) is 1. The van der Waals surface area contributed by atoms with E-state index in [9.17, 15) is 4.79 Å². The minimum absolute atomic E-state index is 0.208. The third-order valence-electron chi connectivity index (χ3n) is 3.10. The zero-order chi connectivity index (χ0) is 15.0. The molecule has 0 aliphatic heterocycles. The molecule has 1 unspecified atom stereocenters. The molecular weight excluding hydrogens is 331 g/mol. The topological polar surface area (TPSA) is 45.8 Å². The summed E-state index contributed by atoms with van der Waals surface area (Å²) in [5.41, 5.74) is 1.80. The lowest BCUT2D eigenvalue weighted by Gasteiger charge is -2.11. The SMILES string of the molecule is O=c1[nH]c2ccccc2nc1C(Cl)c1ccc(Cl)cc1Cl. The largest absolute Gasteiger partial charge is 0.319 e. The number of nitrogens with one attached hydrogen (secondary N) is 1. The second-order valence-corrected chi connectivity index (χ2v) is 5.78. The molecule has 0 spiro atoms. The summed E-state index contributed by atoms with van der Waals surface area (Å²) in [7, 11) is 0. The van der Waals surface area contributed by atoms with Gasteiger partial charge in [-0.25, -0.2) is 4.98 Å². The van der Waals surface area contributed by atoms with Crippen LogP contribution in [0.4, 0.5) is 0 Å². The van der Waals surface area contributed by atoms with Crippen LogP contribution in [0.3, 0.4) is 0 Å². The molecule has 0 aliphatic rings. The first-order valence-corrected chi connectivity index (χ1v) is 7.33. The second-order valence-electron chi connectivity index (χ2n) is 4.50. The molecule has 1 N–H and O–H groups in total. The van der Waals surface area contributed by atoms with Crippen molar-refractivity contribution in [3.63, 3.8) is 0 Å². The quantitative estimate of drug-likeness (QED) is 0.696. The highest BCUT2D eigenvalue weighted by Gasteiger charge is 2.19. The van der Waals surface area contributed by atoms with E-state index in [1.165, 1.54) is 0 Å². The van der Waals surface area contributed by atoms with Gasteiger partial charge in [-0.15, -0.1) is 11.6 Å². The van der Waals surface area contributed by atoms with E-state index in [-0.39, 0.29) is 11.3 Å². The van der Waals surface area contributed by atoms with Crippen LogP contribution in [-0.4, -0.2) is 9.97 Å². The Morgan fingerprint density at radius 3 is 2.62 bits per heavy atom. The predicted octanol–water partition coefficient (Wildman–Crippen LogP) is 4.56. The molecule has 106 valence electrons. The van der Waals surface area contributed by atoms with Crippen molar-refractivity contribution in [2.45, 2.75) is 5.38 Å². The maximum absolute atomic E-state index is 12.2. The van der Waals surface area contributed by atoms with Gasteiger partial charge in [-0.2, -0.15) is 0 Å². The average molecular weight is 340 g/mol.